The summed E-state index contributed by atoms with van der Waals surface area (Å²) in [5.41, 5.74) is 5.55. The van der Waals surface area contributed by atoms with E-state index in [0.29, 0.717) is 0 Å². The van der Waals surface area contributed by atoms with Crippen LogP contribution in [-0.2, 0) is 71.6 Å². The zero-order chi connectivity index (χ0) is 52.0. The normalized spacial score (nSPS) is 28.1. The summed E-state index contributed by atoms with van der Waals surface area (Å²) in [4.78, 5) is 124. The summed E-state index contributed by atoms with van der Waals surface area (Å²) in [7, 11) is 0. The number of carbonyl (C=O) groups is 10. The summed E-state index contributed by atoms with van der Waals surface area (Å²) >= 11 is 0. The molecule has 0 saturated carbocycles. The maximum absolute atomic E-state index is 13.5. The van der Waals surface area contributed by atoms with Crippen LogP contribution < -0.4 is 43.0 Å². The summed E-state index contributed by atoms with van der Waals surface area (Å²) in [6.07, 6.45) is -13.9. The van der Waals surface area contributed by atoms with Gasteiger partial charge in [-0.25, -0.2) is 4.79 Å². The van der Waals surface area contributed by atoms with Gasteiger partial charge in [0.25, 0.3) is 0 Å². The largest absolute Gasteiger partial charge is 0.480 e. The Morgan fingerprint density at radius 3 is 1.80 bits per heavy atom. The minimum atomic E-state index is -1.72. The van der Waals surface area contributed by atoms with Gasteiger partial charge in [0.15, 0.2) is 12.6 Å². The minimum absolute atomic E-state index is 0.00330. The Morgan fingerprint density at radius 2 is 1.23 bits per heavy atom. The van der Waals surface area contributed by atoms with Crippen LogP contribution in [0.1, 0.15) is 73.6 Å². The van der Waals surface area contributed by atoms with Crippen molar-refractivity contribution in [2.75, 3.05) is 13.2 Å². The van der Waals surface area contributed by atoms with E-state index >= 15 is 0 Å². The molecule has 69 heavy (non-hydrogen) atoms. The number of ether oxygens (including phenoxy) is 5. The van der Waals surface area contributed by atoms with Gasteiger partial charge in [-0.05, 0) is 53.4 Å². The molecule has 3 aliphatic heterocycles. The van der Waals surface area contributed by atoms with E-state index in [4.69, 9.17) is 39.6 Å². The van der Waals surface area contributed by atoms with E-state index in [0.717, 1.165) is 6.92 Å². The molecule has 15 N–H and O–H groups in total. The number of nitrogens with one attached hydrogen (secondary N) is 7. The SMILES string of the molecule is CC(=O)N[C@H]1[C@H](O[C@H]2[C@H](O[C@H](C)C(=O)N[C@@H](C)C(=O)N[C@H](CCC(=O)N[C@@H](CCC[C@@H](N)C(=O)O)C(=O)N[C@H](C)C(=O)N[C@H](C)C(=O)O)C(=O)O)[C@@H](NC(C)=O)[C@@H]3OC[C@H]2O3)O[C@H](CO)[C@@H](O)[C@@H]1O. The first-order chi connectivity index (χ1) is 32.2. The molecule has 7 amide bonds. The first kappa shape index (κ1) is 57.7. The molecule has 29 nitrogen and oxygen atoms in total. The highest BCUT2D eigenvalue weighted by molar-refractivity contribution is 5.94. The van der Waals surface area contributed by atoms with Gasteiger partial charge in [0.2, 0.25) is 41.4 Å². The maximum atomic E-state index is 13.5. The number of carboxylic acids is 3. The second-order valence-corrected chi connectivity index (χ2v) is 16.8. The van der Waals surface area contributed by atoms with Crippen molar-refractivity contribution < 1.29 is 102 Å². The molecule has 3 saturated heterocycles. The minimum Gasteiger partial charge on any atom is -0.480 e. The second kappa shape index (κ2) is 26.4. The molecule has 390 valence electrons. The van der Waals surface area contributed by atoms with Gasteiger partial charge in [-0.15, -0.1) is 0 Å². The molecule has 0 aromatic carbocycles. The number of rotatable bonds is 26. The number of hydrogen-bond donors (Lipinski definition) is 14. The smallest absolute Gasteiger partial charge is 0.326 e. The molecule has 0 spiro atoms. The van der Waals surface area contributed by atoms with Gasteiger partial charge in [-0.3, -0.25) is 43.2 Å². The molecule has 3 fully saturated rings. The van der Waals surface area contributed by atoms with E-state index in [1.807, 2.05) is 0 Å². The van der Waals surface area contributed by atoms with Crippen LogP contribution in [0.2, 0.25) is 0 Å². The molecule has 3 rings (SSSR count). The van der Waals surface area contributed by atoms with Crippen LogP contribution in [0, 0.1) is 0 Å². The zero-order valence-electron chi connectivity index (χ0n) is 38.6. The third-order valence-electron chi connectivity index (χ3n) is 11.2. The molecular weight excluding hydrogens is 928 g/mol. The van der Waals surface area contributed by atoms with E-state index in [1.165, 1.54) is 34.6 Å². The van der Waals surface area contributed by atoms with Gasteiger partial charge in [-0.2, -0.15) is 0 Å². The summed E-state index contributed by atoms with van der Waals surface area (Å²) in [6.45, 7) is 6.35. The fourth-order valence-corrected chi connectivity index (χ4v) is 7.33. The van der Waals surface area contributed by atoms with Crippen molar-refractivity contribution in [2.45, 2.75) is 177 Å². The molecule has 0 aromatic rings. The molecule has 2 bridgehead atoms. The Hall–Kier alpha value is -5.66. The Bertz CT molecular complexity index is 1880. The topological polar surface area (TPSA) is 448 Å². The zero-order valence-corrected chi connectivity index (χ0v) is 38.6. The number of aliphatic carboxylic acids is 3. The third-order valence-corrected chi connectivity index (χ3v) is 11.2. The number of nitrogens with two attached hydrogens (primary N) is 1. The van der Waals surface area contributed by atoms with E-state index in [9.17, 15) is 68.4 Å². The molecule has 0 radical (unpaired) electrons. The monoisotopic (exact) mass is 992 g/mol. The lowest BCUT2D eigenvalue weighted by molar-refractivity contribution is -0.313. The van der Waals surface area contributed by atoms with Gasteiger partial charge in [0.1, 0.15) is 91.1 Å². The van der Waals surface area contributed by atoms with Crippen molar-refractivity contribution in [3.63, 3.8) is 0 Å². The molecular formula is C40H64N8O21. The average molecular weight is 993 g/mol. The average Bonchev–Trinajstić information content (AvgIpc) is 3.71. The molecule has 0 aromatic heterocycles. The van der Waals surface area contributed by atoms with E-state index in [1.54, 1.807) is 0 Å². The number of hydrogen-bond acceptors (Lipinski definition) is 19. The van der Waals surface area contributed by atoms with Gasteiger partial charge in [-0.1, -0.05) is 0 Å². The molecule has 0 unspecified atom stereocenters. The first-order valence-corrected chi connectivity index (χ1v) is 22.0. The van der Waals surface area contributed by atoms with Crippen molar-refractivity contribution >= 4 is 59.3 Å². The fourth-order valence-electron chi connectivity index (χ4n) is 7.33. The first-order valence-electron chi connectivity index (χ1n) is 22.0. The van der Waals surface area contributed by atoms with Crippen molar-refractivity contribution in [2.24, 2.45) is 5.73 Å². The van der Waals surface area contributed by atoms with Crippen molar-refractivity contribution in [3.05, 3.63) is 0 Å². The second-order valence-electron chi connectivity index (χ2n) is 16.8. The summed E-state index contributed by atoms with van der Waals surface area (Å²) in [5.74, 6) is -10.1. The summed E-state index contributed by atoms with van der Waals surface area (Å²) in [5, 5.41) is 75.8. The van der Waals surface area contributed by atoms with Gasteiger partial charge >= 0.3 is 17.9 Å². The molecule has 3 heterocycles. The highest BCUT2D eigenvalue weighted by atomic mass is 16.8. The number of aliphatic hydroxyl groups excluding tert-OH is 3. The van der Waals surface area contributed by atoms with Crippen LogP contribution in [0.5, 0.6) is 0 Å². The lowest BCUT2D eigenvalue weighted by atomic mass is 9.95. The van der Waals surface area contributed by atoms with Crippen LogP contribution in [-0.4, -0.2) is 207 Å². The fraction of sp³-hybridized carbons (Fsp3) is 0.750. The Balaban J connectivity index is 1.69. The molecule has 29 heteroatoms. The Morgan fingerprint density at radius 1 is 0.652 bits per heavy atom. The summed E-state index contributed by atoms with van der Waals surface area (Å²) < 4.78 is 29.7. The van der Waals surface area contributed by atoms with E-state index in [-0.39, 0.29) is 25.9 Å². The number of carbonyl (C=O) groups excluding carboxylic acids is 7. The highest BCUT2D eigenvalue weighted by Gasteiger charge is 2.56. The quantitative estimate of drug-likeness (QED) is 0.0383. The maximum Gasteiger partial charge on any atom is 0.326 e. The van der Waals surface area contributed by atoms with E-state index in [2.05, 4.69) is 37.2 Å². The van der Waals surface area contributed by atoms with Crippen LogP contribution in [0.25, 0.3) is 0 Å². The van der Waals surface area contributed by atoms with Crippen molar-refractivity contribution in [3.8, 4) is 0 Å². The van der Waals surface area contributed by atoms with Gasteiger partial charge < -0.3 is 97.3 Å². The highest BCUT2D eigenvalue weighted by Crippen LogP contribution is 2.35. The number of aliphatic hydroxyl groups is 3. The standard InChI is InChI=1S/C40H64N8O21/c1-14(32(55)44-16(3)36(59)60)43-35(58)21(9-7-8-20(41)37(61)62)47-25(52)11-10-22(38(63)64)48-33(56)15(2)42-34(57)17(4)66-31-27(46-19(6)51)39-65-13-24(68-39)30(31)69-40-26(45-18(5)50)29(54)28(53)23(12-49)67-40/h14-17,20-24,26-31,39-40,49,53-54H,7-13,41H2,1-6H3,(H,42,57)(H,43,58)(H,44,55)(H,45,50)(H,46,51)(H,47,52)(H,48,56)(H,59,60)(H,61,62)(H,63,64)/t14-,15+,16-,17-,20-,21+,22-,23-,24-,26-,27-,28-,29-,30-,31-,39-,40+/m1/s1. The van der Waals surface area contributed by atoms with Crippen LogP contribution in [0.3, 0.4) is 0 Å². The van der Waals surface area contributed by atoms with Crippen molar-refractivity contribution in [1.29, 1.82) is 0 Å². The Kier molecular flexibility index (Phi) is 22.0. The van der Waals surface area contributed by atoms with Gasteiger partial charge in [0.05, 0.1) is 13.2 Å². The molecule has 3 aliphatic rings. The lowest BCUT2D eigenvalue weighted by Crippen LogP contribution is -2.68. The lowest BCUT2D eigenvalue weighted by Gasteiger charge is -2.47. The molecule has 0 aliphatic carbocycles. The Labute approximate surface area is 394 Å². The van der Waals surface area contributed by atoms with Crippen molar-refractivity contribution in [1.82, 2.24) is 37.2 Å². The van der Waals surface area contributed by atoms with E-state index < -0.39 is 182 Å². The third kappa shape index (κ3) is 16.8. The summed E-state index contributed by atoms with van der Waals surface area (Å²) in [6, 6.07) is -11.0. The number of amides is 7. The predicted molar refractivity (Wildman–Crippen MR) is 227 cm³/mol. The van der Waals surface area contributed by atoms with Gasteiger partial charge in [0, 0.05) is 20.3 Å². The van der Waals surface area contributed by atoms with Crippen LogP contribution >= 0.6 is 0 Å². The molecule has 17 atom stereocenters. The van der Waals surface area contributed by atoms with Crippen LogP contribution in [0.4, 0.5) is 0 Å². The number of fused-ring (bicyclic) bond motifs is 2. The predicted octanol–water partition coefficient (Wildman–Crippen LogP) is -6.64. The number of carboxylic acid groups (broad SMARTS) is 3. The van der Waals surface area contributed by atoms with Crippen LogP contribution in [0.15, 0.2) is 0 Å².